The highest BCUT2D eigenvalue weighted by Crippen LogP contribution is 2.19. The molecule has 0 saturated carbocycles. The van der Waals surface area contributed by atoms with Crippen molar-refractivity contribution in [2.45, 2.75) is 6.92 Å². The molecule has 0 bridgehead atoms. The van der Waals surface area contributed by atoms with Crippen LogP contribution < -0.4 is 0 Å². The summed E-state index contributed by atoms with van der Waals surface area (Å²) in [5, 5.41) is 0. The Bertz CT molecular complexity index is 175. The third-order valence-corrected chi connectivity index (χ3v) is 1.81. The zero-order chi connectivity index (χ0) is 6.53. The molecule has 0 spiro atoms. The van der Waals surface area contributed by atoms with E-state index in [1.807, 2.05) is 13.0 Å². The Morgan fingerprint density at radius 2 is 2.78 bits per heavy atom. The largest absolute Gasteiger partial charge is 0.359 e. The standard InChI is InChI=1S/C7H9OS/c1-2-8-6-7-4-3-5-9-7/h3-4H,2,5H2,1H3/q+1. The van der Waals surface area contributed by atoms with Crippen molar-refractivity contribution in [1.29, 1.82) is 0 Å². The molecular weight excluding hydrogens is 132 g/mol. The normalized spacial score (nSPS) is 15.9. The monoisotopic (exact) mass is 141 g/mol. The molecule has 0 radical (unpaired) electrons. The quantitative estimate of drug-likeness (QED) is 0.398. The Labute approximate surface area is 59.1 Å². The highest BCUT2D eigenvalue weighted by molar-refractivity contribution is 8.04. The first-order valence-electron chi connectivity index (χ1n) is 2.97. The summed E-state index contributed by atoms with van der Waals surface area (Å²) in [7, 11) is 0. The summed E-state index contributed by atoms with van der Waals surface area (Å²) in [5.74, 6) is 3.89. The molecule has 1 heterocycles. The number of allylic oxidation sites excluding steroid dienone is 1. The van der Waals surface area contributed by atoms with Crippen LogP contribution in [0.15, 0.2) is 17.1 Å². The summed E-state index contributed by atoms with van der Waals surface area (Å²) in [5.41, 5.74) is 0. The van der Waals surface area contributed by atoms with Gasteiger partial charge in [0.25, 0.3) is 6.61 Å². The Hall–Kier alpha value is -0.460. The van der Waals surface area contributed by atoms with E-state index in [0.29, 0.717) is 6.61 Å². The van der Waals surface area contributed by atoms with E-state index in [9.17, 15) is 0 Å². The molecule has 9 heavy (non-hydrogen) atoms. The van der Waals surface area contributed by atoms with Crippen LogP contribution in [-0.2, 0) is 4.42 Å². The maximum atomic E-state index is 4.96. The van der Waals surface area contributed by atoms with E-state index in [1.165, 1.54) is 0 Å². The van der Waals surface area contributed by atoms with Gasteiger partial charge in [-0.25, -0.2) is 4.42 Å². The van der Waals surface area contributed by atoms with E-state index >= 15 is 0 Å². The van der Waals surface area contributed by atoms with Crippen molar-refractivity contribution < 1.29 is 4.42 Å². The molecule has 1 nitrogen and oxygen atoms in total. The van der Waals surface area contributed by atoms with Crippen molar-refractivity contribution in [2.24, 2.45) is 0 Å². The summed E-state index contributed by atoms with van der Waals surface area (Å²) in [6.45, 7) is 2.66. The SMILES string of the molecule is CC[O+]=C=C1C=CCS1. The molecule has 0 amide bonds. The van der Waals surface area contributed by atoms with E-state index in [-0.39, 0.29) is 0 Å². The Balaban J connectivity index is 2.60. The molecule has 1 rings (SSSR count). The van der Waals surface area contributed by atoms with Gasteiger partial charge in [0, 0.05) is 12.7 Å². The summed E-state index contributed by atoms with van der Waals surface area (Å²) >= 11 is 1.75. The average Bonchev–Trinajstić information content (AvgIpc) is 2.34. The molecule has 2 heteroatoms. The number of hydrogen-bond donors (Lipinski definition) is 0. The molecule has 0 aromatic heterocycles. The average molecular weight is 141 g/mol. The van der Waals surface area contributed by atoms with E-state index in [0.717, 1.165) is 10.7 Å². The van der Waals surface area contributed by atoms with Crippen LogP contribution in [0.3, 0.4) is 0 Å². The molecule has 0 aromatic carbocycles. The third kappa shape index (κ3) is 2.08. The van der Waals surface area contributed by atoms with Gasteiger partial charge >= 0.3 is 5.94 Å². The van der Waals surface area contributed by atoms with Gasteiger partial charge < -0.3 is 0 Å². The van der Waals surface area contributed by atoms with E-state index in [4.69, 9.17) is 4.42 Å². The van der Waals surface area contributed by atoms with Gasteiger partial charge in [0.2, 0.25) is 0 Å². The van der Waals surface area contributed by atoms with Gasteiger partial charge in [-0.2, -0.15) is 0 Å². The summed E-state index contributed by atoms with van der Waals surface area (Å²) in [4.78, 5) is 1.11. The lowest BCUT2D eigenvalue weighted by atomic mass is 10.5. The second kappa shape index (κ2) is 3.54. The molecule has 0 aromatic rings. The summed E-state index contributed by atoms with van der Waals surface area (Å²) < 4.78 is 4.96. The van der Waals surface area contributed by atoms with E-state index < -0.39 is 0 Å². The van der Waals surface area contributed by atoms with Crippen LogP contribution in [0.2, 0.25) is 0 Å². The van der Waals surface area contributed by atoms with Crippen LogP contribution in [0, 0.1) is 0 Å². The van der Waals surface area contributed by atoms with Gasteiger partial charge in [0.15, 0.2) is 0 Å². The predicted molar refractivity (Wildman–Crippen MR) is 41.3 cm³/mol. The minimum atomic E-state index is 0.706. The van der Waals surface area contributed by atoms with E-state index in [2.05, 4.69) is 12.0 Å². The summed E-state index contributed by atoms with van der Waals surface area (Å²) in [6.07, 6.45) is 4.13. The molecule has 0 aliphatic carbocycles. The second-order valence-electron chi connectivity index (χ2n) is 1.61. The topological polar surface area (TPSA) is 11.3 Å². The molecular formula is C7H9OS+. The Morgan fingerprint density at radius 3 is 3.33 bits per heavy atom. The predicted octanol–water partition coefficient (Wildman–Crippen LogP) is 1.56. The van der Waals surface area contributed by atoms with Gasteiger partial charge in [-0.05, 0) is 6.08 Å². The lowest BCUT2D eigenvalue weighted by Crippen LogP contribution is -1.73. The van der Waals surface area contributed by atoms with Gasteiger partial charge in [0.05, 0.1) is 0 Å². The molecule has 1 aliphatic heterocycles. The van der Waals surface area contributed by atoms with E-state index in [1.54, 1.807) is 11.8 Å². The molecule has 0 atom stereocenters. The number of carbonyl (C=O) groups excluding carboxylic acids is 1. The molecule has 0 N–H and O–H groups in total. The molecule has 0 fully saturated rings. The zero-order valence-corrected chi connectivity index (χ0v) is 6.20. The van der Waals surface area contributed by atoms with Crippen molar-refractivity contribution in [3.63, 3.8) is 0 Å². The number of hydrogen-bond acceptors (Lipinski definition) is 1. The third-order valence-electron chi connectivity index (χ3n) is 0.921. The smallest absolute Gasteiger partial charge is 0.203 e. The maximum absolute atomic E-state index is 4.96. The fraction of sp³-hybridized carbons (Fsp3) is 0.429. The van der Waals surface area contributed by atoms with Crippen LogP contribution >= 0.6 is 11.8 Å². The van der Waals surface area contributed by atoms with Crippen LogP contribution in [0.1, 0.15) is 6.92 Å². The highest BCUT2D eigenvalue weighted by Gasteiger charge is 2.01. The van der Waals surface area contributed by atoms with Crippen molar-refractivity contribution in [2.75, 3.05) is 12.4 Å². The van der Waals surface area contributed by atoms with Gasteiger partial charge in [0.1, 0.15) is 4.91 Å². The van der Waals surface area contributed by atoms with Gasteiger partial charge in [-0.3, -0.25) is 0 Å². The fourth-order valence-corrected chi connectivity index (χ4v) is 1.23. The Kier molecular flexibility index (Phi) is 2.62. The lowest BCUT2D eigenvalue weighted by Gasteiger charge is -1.74. The summed E-state index contributed by atoms with van der Waals surface area (Å²) in [6, 6.07) is 0. The second-order valence-corrected chi connectivity index (χ2v) is 2.67. The number of thioether (sulfide) groups is 1. The van der Waals surface area contributed by atoms with Gasteiger partial charge in [-0.1, -0.05) is 6.08 Å². The molecule has 0 saturated heterocycles. The first-order valence-corrected chi connectivity index (χ1v) is 3.96. The highest BCUT2D eigenvalue weighted by atomic mass is 32.2. The molecule has 48 valence electrons. The van der Waals surface area contributed by atoms with Gasteiger partial charge in [-0.15, -0.1) is 11.8 Å². The van der Waals surface area contributed by atoms with Crippen LogP contribution in [-0.4, -0.2) is 18.3 Å². The fourth-order valence-electron chi connectivity index (χ4n) is 0.548. The van der Waals surface area contributed by atoms with Crippen molar-refractivity contribution in [3.05, 3.63) is 17.1 Å². The van der Waals surface area contributed by atoms with Crippen LogP contribution in [0.25, 0.3) is 0 Å². The number of rotatable bonds is 1. The van der Waals surface area contributed by atoms with Crippen LogP contribution in [0.4, 0.5) is 0 Å². The first-order chi connectivity index (χ1) is 4.43. The Morgan fingerprint density at radius 1 is 1.89 bits per heavy atom. The minimum Gasteiger partial charge on any atom is -0.203 e. The van der Waals surface area contributed by atoms with Crippen molar-refractivity contribution in [1.82, 2.24) is 0 Å². The van der Waals surface area contributed by atoms with Crippen molar-refractivity contribution in [3.8, 4) is 0 Å². The molecule has 0 unspecified atom stereocenters. The maximum Gasteiger partial charge on any atom is 0.359 e. The lowest BCUT2D eigenvalue weighted by molar-refractivity contribution is 0.127. The minimum absolute atomic E-state index is 0.706. The van der Waals surface area contributed by atoms with Crippen LogP contribution in [0.5, 0.6) is 0 Å². The first kappa shape index (κ1) is 6.66. The zero-order valence-electron chi connectivity index (χ0n) is 5.39. The molecule has 1 aliphatic rings. The van der Waals surface area contributed by atoms with Crippen molar-refractivity contribution >= 4 is 17.7 Å².